The van der Waals surface area contributed by atoms with Crippen LogP contribution < -0.4 is 0 Å². The molecule has 2 heterocycles. The summed E-state index contributed by atoms with van der Waals surface area (Å²) in [5.74, 6) is 0. The van der Waals surface area contributed by atoms with Crippen LogP contribution in [0.5, 0.6) is 0 Å². The lowest BCUT2D eigenvalue weighted by molar-refractivity contribution is -0.612. The minimum Gasteiger partial charge on any atom is -0.374 e. The maximum absolute atomic E-state index is 3.51. The average Bonchev–Trinajstić information content (AvgIpc) is 2.52. The van der Waals surface area contributed by atoms with E-state index in [1.807, 2.05) is 0 Å². The topological polar surface area (TPSA) is 6.25 Å². The van der Waals surface area contributed by atoms with Gasteiger partial charge in [-0.25, -0.2) is 4.58 Å². The molecule has 2 nitrogen and oxygen atoms in total. The molecule has 0 aromatic heterocycles. The molecule has 1 aromatic rings. The third-order valence-corrected chi connectivity index (χ3v) is 5.40. The molecular formula is C19H26BrN2+. The Labute approximate surface area is 142 Å². The number of piperidine rings is 1. The van der Waals surface area contributed by atoms with Crippen molar-refractivity contribution in [3.63, 3.8) is 0 Å². The van der Waals surface area contributed by atoms with Crippen LogP contribution in [0.4, 0.5) is 0 Å². The number of hydrogen-bond acceptors (Lipinski definition) is 1. The summed E-state index contributed by atoms with van der Waals surface area (Å²) >= 11 is 3.51. The summed E-state index contributed by atoms with van der Waals surface area (Å²) in [5, 5.41) is 0. The average molecular weight is 362 g/mol. The Morgan fingerprint density at radius 2 is 1.77 bits per heavy atom. The van der Waals surface area contributed by atoms with E-state index in [2.05, 4.69) is 75.8 Å². The van der Waals surface area contributed by atoms with Crippen LogP contribution >= 0.6 is 15.9 Å². The van der Waals surface area contributed by atoms with E-state index in [4.69, 9.17) is 0 Å². The van der Waals surface area contributed by atoms with Crippen LogP contribution in [-0.4, -0.2) is 34.3 Å². The number of halogens is 1. The van der Waals surface area contributed by atoms with E-state index in [0.717, 1.165) is 17.4 Å². The maximum Gasteiger partial charge on any atom is 0.168 e. The summed E-state index contributed by atoms with van der Waals surface area (Å²) in [5.41, 5.74) is 3.06. The summed E-state index contributed by atoms with van der Waals surface area (Å²) in [6.07, 6.45) is 9.87. The van der Waals surface area contributed by atoms with E-state index in [9.17, 15) is 0 Å². The predicted molar refractivity (Wildman–Crippen MR) is 96.4 cm³/mol. The Balaban J connectivity index is 1.76. The van der Waals surface area contributed by atoms with Crippen molar-refractivity contribution in [2.75, 3.05) is 13.1 Å². The monoisotopic (exact) mass is 361 g/mol. The van der Waals surface area contributed by atoms with Crippen molar-refractivity contribution in [2.45, 2.75) is 51.6 Å². The van der Waals surface area contributed by atoms with Crippen molar-refractivity contribution < 1.29 is 4.58 Å². The molecule has 1 aromatic carbocycles. The molecule has 1 fully saturated rings. The van der Waals surface area contributed by atoms with E-state index in [0.29, 0.717) is 0 Å². The minimum absolute atomic E-state index is 0.175. The van der Waals surface area contributed by atoms with Crippen LogP contribution in [0.2, 0.25) is 0 Å². The Morgan fingerprint density at radius 3 is 2.41 bits per heavy atom. The highest BCUT2D eigenvalue weighted by Crippen LogP contribution is 2.28. The third kappa shape index (κ3) is 3.62. The predicted octanol–water partition coefficient (Wildman–Crippen LogP) is 4.58. The molecule has 2 aliphatic rings. The molecular weight excluding hydrogens is 336 g/mol. The molecule has 0 saturated carbocycles. The maximum atomic E-state index is 3.51. The fourth-order valence-corrected chi connectivity index (χ4v) is 3.70. The standard InChI is InChI=1S/C19H26BrN2/c1-19(2)14-18(21-11-4-3-5-12-21)10-13-22(19)15-16-6-8-17(20)9-7-16/h6-10,13H,3-5,11-12,14-15H2,1-2H3/q+1. The van der Waals surface area contributed by atoms with E-state index >= 15 is 0 Å². The van der Waals surface area contributed by atoms with Crippen LogP contribution in [0.3, 0.4) is 0 Å². The Kier molecular flexibility index (Phi) is 4.72. The van der Waals surface area contributed by atoms with Gasteiger partial charge in [-0.3, -0.25) is 0 Å². The Morgan fingerprint density at radius 1 is 1.09 bits per heavy atom. The van der Waals surface area contributed by atoms with Crippen LogP contribution in [0, 0.1) is 0 Å². The first-order chi connectivity index (χ1) is 10.5. The van der Waals surface area contributed by atoms with Crippen molar-refractivity contribution in [3.05, 3.63) is 46.1 Å². The Bertz CT molecular complexity index is 578. The van der Waals surface area contributed by atoms with Gasteiger partial charge in [-0.1, -0.05) is 28.1 Å². The molecule has 0 aliphatic carbocycles. The molecule has 0 radical (unpaired) electrons. The zero-order valence-electron chi connectivity index (χ0n) is 13.7. The first-order valence-electron chi connectivity index (χ1n) is 8.35. The van der Waals surface area contributed by atoms with E-state index in [1.54, 1.807) is 0 Å². The molecule has 22 heavy (non-hydrogen) atoms. The number of likely N-dealkylation sites (tertiary alicyclic amines) is 1. The molecule has 2 aliphatic heterocycles. The third-order valence-electron chi connectivity index (χ3n) is 4.87. The molecule has 118 valence electrons. The fraction of sp³-hybridized carbons (Fsp3) is 0.526. The van der Waals surface area contributed by atoms with Gasteiger partial charge in [-0.05, 0) is 31.4 Å². The van der Waals surface area contributed by atoms with Gasteiger partial charge in [0.15, 0.2) is 18.3 Å². The summed E-state index contributed by atoms with van der Waals surface area (Å²) in [7, 11) is 0. The molecule has 1 saturated heterocycles. The number of rotatable bonds is 3. The first kappa shape index (κ1) is 15.8. The molecule has 0 unspecified atom stereocenters. The van der Waals surface area contributed by atoms with Crippen molar-refractivity contribution in [1.29, 1.82) is 0 Å². The number of allylic oxidation sites excluding steroid dienone is 1. The molecule has 3 heteroatoms. The molecule has 0 spiro atoms. The lowest BCUT2D eigenvalue weighted by Gasteiger charge is -2.36. The summed E-state index contributed by atoms with van der Waals surface area (Å²) in [6.45, 7) is 8.17. The van der Waals surface area contributed by atoms with Gasteiger partial charge < -0.3 is 4.90 Å². The lowest BCUT2D eigenvalue weighted by Crippen LogP contribution is -2.43. The first-order valence-corrected chi connectivity index (χ1v) is 9.14. The summed E-state index contributed by atoms with van der Waals surface area (Å²) in [4.78, 5) is 2.60. The van der Waals surface area contributed by atoms with Gasteiger partial charge in [0.1, 0.15) is 0 Å². The van der Waals surface area contributed by atoms with Gasteiger partial charge in [0.05, 0.1) is 6.42 Å². The highest BCUT2D eigenvalue weighted by molar-refractivity contribution is 9.10. The second kappa shape index (κ2) is 6.57. The van der Waals surface area contributed by atoms with Gasteiger partial charge >= 0.3 is 0 Å². The van der Waals surface area contributed by atoms with Gasteiger partial charge in [-0.15, -0.1) is 0 Å². The van der Waals surface area contributed by atoms with Crippen molar-refractivity contribution in [2.24, 2.45) is 0 Å². The molecule has 0 N–H and O–H groups in total. The highest BCUT2D eigenvalue weighted by atomic mass is 79.9. The lowest BCUT2D eigenvalue weighted by atomic mass is 9.92. The van der Waals surface area contributed by atoms with E-state index in [1.165, 1.54) is 43.6 Å². The number of nitrogens with zero attached hydrogens (tertiary/aromatic N) is 2. The summed E-state index contributed by atoms with van der Waals surface area (Å²) < 4.78 is 3.62. The van der Waals surface area contributed by atoms with Gasteiger partial charge in [-0.2, -0.15) is 0 Å². The normalized spacial score (nSPS) is 21.3. The van der Waals surface area contributed by atoms with Gasteiger partial charge in [0, 0.05) is 48.7 Å². The zero-order chi connectivity index (χ0) is 15.6. The highest BCUT2D eigenvalue weighted by Gasteiger charge is 2.35. The second-order valence-corrected chi connectivity index (χ2v) is 8.01. The number of hydrogen-bond donors (Lipinski definition) is 0. The Hall–Kier alpha value is -1.09. The quantitative estimate of drug-likeness (QED) is 0.713. The van der Waals surface area contributed by atoms with E-state index in [-0.39, 0.29) is 5.54 Å². The summed E-state index contributed by atoms with van der Waals surface area (Å²) in [6, 6.07) is 8.66. The van der Waals surface area contributed by atoms with Crippen LogP contribution in [0.25, 0.3) is 0 Å². The molecule has 3 rings (SSSR count). The largest absolute Gasteiger partial charge is 0.374 e. The van der Waals surface area contributed by atoms with E-state index < -0.39 is 0 Å². The van der Waals surface area contributed by atoms with Crippen LogP contribution in [-0.2, 0) is 6.54 Å². The SMILES string of the molecule is CC1(C)CC(N2CCCCC2)=CC=[N+]1Cc1ccc(Br)cc1. The van der Waals surface area contributed by atoms with Crippen molar-refractivity contribution in [1.82, 2.24) is 4.90 Å². The molecule has 0 bridgehead atoms. The zero-order valence-corrected chi connectivity index (χ0v) is 15.3. The second-order valence-electron chi connectivity index (χ2n) is 7.10. The van der Waals surface area contributed by atoms with Crippen molar-refractivity contribution >= 4 is 22.1 Å². The molecule has 0 atom stereocenters. The van der Waals surface area contributed by atoms with Crippen LogP contribution in [0.15, 0.2) is 40.5 Å². The number of benzene rings is 1. The van der Waals surface area contributed by atoms with Crippen LogP contribution in [0.1, 0.15) is 45.1 Å². The van der Waals surface area contributed by atoms with Gasteiger partial charge in [0.2, 0.25) is 0 Å². The van der Waals surface area contributed by atoms with Crippen molar-refractivity contribution in [3.8, 4) is 0 Å². The van der Waals surface area contributed by atoms with Gasteiger partial charge in [0.25, 0.3) is 0 Å². The smallest absolute Gasteiger partial charge is 0.168 e. The fourth-order valence-electron chi connectivity index (χ4n) is 3.43. The molecule has 0 amide bonds. The minimum atomic E-state index is 0.175.